The average Bonchev–Trinajstić information content (AvgIpc) is 3.53. The smallest absolute Gasteiger partial charge is 0.256 e. The number of amides is 2. The zero-order valence-electron chi connectivity index (χ0n) is 27.3. The predicted octanol–water partition coefficient (Wildman–Crippen LogP) is 6.16. The molecule has 1 atom stereocenters. The molecule has 2 amide bonds. The van der Waals surface area contributed by atoms with Crippen molar-refractivity contribution in [3.63, 3.8) is 0 Å². The molecule has 1 aromatic carbocycles. The van der Waals surface area contributed by atoms with Gasteiger partial charge in [-0.1, -0.05) is 38.7 Å². The second-order valence-electron chi connectivity index (χ2n) is 12.3. The fraction of sp³-hybridized carbons (Fsp3) is 0.314. The minimum atomic E-state index is -0.554. The van der Waals surface area contributed by atoms with Crippen molar-refractivity contribution in [2.75, 3.05) is 31.6 Å². The zero-order chi connectivity index (χ0) is 33.7. The van der Waals surface area contributed by atoms with Crippen molar-refractivity contribution in [3.05, 3.63) is 82.2 Å². The number of aryl methyl sites for hydroxylation is 2. The number of nitrogens with zero attached hydrogens (tertiary/aromatic N) is 6. The highest BCUT2D eigenvalue weighted by molar-refractivity contribution is 7.71. The molecule has 0 saturated carbocycles. The fourth-order valence-electron chi connectivity index (χ4n) is 6.62. The van der Waals surface area contributed by atoms with Crippen LogP contribution in [0.3, 0.4) is 0 Å². The van der Waals surface area contributed by atoms with E-state index in [0.717, 1.165) is 27.7 Å². The van der Waals surface area contributed by atoms with Gasteiger partial charge in [0, 0.05) is 55.3 Å². The van der Waals surface area contributed by atoms with E-state index in [1.165, 1.54) is 12.1 Å². The summed E-state index contributed by atoms with van der Waals surface area (Å²) in [5.41, 5.74) is 5.78. The first-order valence-electron chi connectivity index (χ1n) is 15.6. The predicted molar refractivity (Wildman–Crippen MR) is 185 cm³/mol. The maximum Gasteiger partial charge on any atom is 0.256 e. The summed E-state index contributed by atoms with van der Waals surface area (Å²) in [4.78, 5) is 39.9. The van der Waals surface area contributed by atoms with Crippen LogP contribution in [0, 0.1) is 24.3 Å². The molecule has 0 unspecified atom stereocenters. The van der Waals surface area contributed by atoms with Gasteiger partial charge in [-0.25, -0.2) is 9.37 Å². The van der Waals surface area contributed by atoms with Gasteiger partial charge in [0.1, 0.15) is 21.8 Å². The van der Waals surface area contributed by atoms with Crippen LogP contribution in [0.25, 0.3) is 38.9 Å². The molecule has 0 aliphatic carbocycles. The van der Waals surface area contributed by atoms with Crippen LogP contribution in [-0.2, 0) is 4.79 Å². The second-order valence-corrected chi connectivity index (χ2v) is 12.7. The van der Waals surface area contributed by atoms with Gasteiger partial charge in [0.05, 0.1) is 34.3 Å². The second kappa shape index (κ2) is 12.3. The van der Waals surface area contributed by atoms with Crippen LogP contribution in [0.5, 0.6) is 0 Å². The fourth-order valence-corrected chi connectivity index (χ4v) is 6.99. The lowest BCUT2D eigenvalue weighted by molar-refractivity contribution is -0.126. The Balaban J connectivity index is 1.77. The molecule has 0 bridgehead atoms. The number of benzene rings is 1. The maximum absolute atomic E-state index is 16.7. The van der Waals surface area contributed by atoms with Gasteiger partial charge in [0.25, 0.3) is 5.91 Å². The number of H-pyrrole nitrogens is 1. The first kappa shape index (κ1) is 32.0. The Bertz CT molecular complexity index is 2150. The Morgan fingerprint density at radius 1 is 1.15 bits per heavy atom. The Hall–Kier alpha value is -4.97. The minimum absolute atomic E-state index is 0.00215. The molecule has 5 aromatic rings. The lowest BCUT2D eigenvalue weighted by atomic mass is 9.98. The van der Waals surface area contributed by atoms with Crippen LogP contribution < -0.4 is 10.2 Å². The van der Waals surface area contributed by atoms with E-state index < -0.39 is 11.7 Å². The summed E-state index contributed by atoms with van der Waals surface area (Å²) >= 11 is 6.23. The van der Waals surface area contributed by atoms with Crippen molar-refractivity contribution in [3.8, 4) is 16.9 Å². The number of nitrogens with one attached hydrogen (secondary N) is 2. The molecule has 0 spiro atoms. The Kier molecular flexibility index (Phi) is 8.39. The molecule has 1 fully saturated rings. The number of halogens is 1. The number of hydrogen-bond donors (Lipinski definition) is 2. The molecule has 1 aliphatic heterocycles. The SMILES string of the molecule is C=CC(=O)N1CCN(c2c(C(=O)NC)c(=S)n(-c3c(C)ccnc3C(C)C)c3nc(-c4c(C)ccc5[nH]ncc45)c(F)cc23)[C@@H](C)C1. The van der Waals surface area contributed by atoms with E-state index in [0.29, 0.717) is 47.6 Å². The average molecular weight is 653 g/mol. The number of pyridine rings is 3. The van der Waals surface area contributed by atoms with E-state index in [1.54, 1.807) is 28.9 Å². The summed E-state index contributed by atoms with van der Waals surface area (Å²) in [5, 5.41) is 11.1. The number of aromatic nitrogens is 5. The first-order chi connectivity index (χ1) is 22.5. The van der Waals surface area contributed by atoms with E-state index in [9.17, 15) is 9.59 Å². The maximum atomic E-state index is 16.7. The molecular weight excluding hydrogens is 616 g/mol. The molecule has 0 radical (unpaired) electrons. The molecule has 12 heteroatoms. The monoisotopic (exact) mass is 652 g/mol. The van der Waals surface area contributed by atoms with E-state index in [-0.39, 0.29) is 33.8 Å². The number of carbonyl (C=O) groups is 2. The third-order valence-electron chi connectivity index (χ3n) is 8.93. The molecule has 47 heavy (non-hydrogen) atoms. The highest BCUT2D eigenvalue weighted by Crippen LogP contribution is 2.40. The number of anilines is 1. The summed E-state index contributed by atoms with van der Waals surface area (Å²) in [7, 11) is 1.55. The van der Waals surface area contributed by atoms with Crippen molar-refractivity contribution in [1.29, 1.82) is 0 Å². The summed E-state index contributed by atoms with van der Waals surface area (Å²) in [6.07, 6.45) is 4.72. The number of aromatic amines is 1. The Labute approximate surface area is 277 Å². The first-order valence-corrected chi connectivity index (χ1v) is 16.0. The van der Waals surface area contributed by atoms with Crippen molar-refractivity contribution in [2.45, 2.75) is 46.6 Å². The van der Waals surface area contributed by atoms with Crippen LogP contribution in [0.2, 0.25) is 0 Å². The van der Waals surface area contributed by atoms with Gasteiger partial charge < -0.3 is 15.1 Å². The molecule has 4 aromatic heterocycles. The zero-order valence-corrected chi connectivity index (χ0v) is 28.1. The minimum Gasteiger partial charge on any atom is -0.364 e. The van der Waals surface area contributed by atoms with E-state index in [1.807, 2.05) is 57.7 Å². The number of rotatable bonds is 6. The number of carbonyl (C=O) groups excluding carboxylic acids is 2. The highest BCUT2D eigenvalue weighted by atomic mass is 32.1. The van der Waals surface area contributed by atoms with E-state index >= 15 is 4.39 Å². The van der Waals surface area contributed by atoms with Crippen LogP contribution >= 0.6 is 12.2 Å². The molecule has 1 saturated heterocycles. The standard InChI is InChI=1S/C35H37FN8O2S/c1-8-26(45)42-13-14-43(21(6)17-42)32-22-15-24(36)30(27-19(4)9-10-25-23(27)16-39-41-25)40-33(22)44(35(47)28(32)34(46)37-7)31-20(5)11-12-38-29(31)18(2)3/h8-12,15-16,18,21H,1,13-14,17H2,2-7H3,(H,37,46)(H,39,41)/t21-/m0/s1. The van der Waals surface area contributed by atoms with Gasteiger partial charge in [-0.05, 0) is 62.1 Å². The molecule has 1 aliphatic rings. The van der Waals surface area contributed by atoms with E-state index in [4.69, 9.17) is 22.2 Å². The van der Waals surface area contributed by atoms with Gasteiger partial charge in [0.2, 0.25) is 5.91 Å². The number of piperazine rings is 1. The molecule has 242 valence electrons. The molecule has 6 rings (SSSR count). The van der Waals surface area contributed by atoms with Gasteiger partial charge in [-0.3, -0.25) is 24.2 Å². The summed E-state index contributed by atoms with van der Waals surface area (Å²) in [5.74, 6) is -1.13. The van der Waals surface area contributed by atoms with Crippen molar-refractivity contribution in [2.24, 2.45) is 0 Å². The summed E-state index contributed by atoms with van der Waals surface area (Å²) in [6, 6.07) is 6.92. The van der Waals surface area contributed by atoms with Crippen LogP contribution in [0.1, 0.15) is 53.9 Å². The normalized spacial score (nSPS) is 15.1. The summed E-state index contributed by atoms with van der Waals surface area (Å²) < 4.78 is 18.7. The lowest BCUT2D eigenvalue weighted by Gasteiger charge is -2.42. The van der Waals surface area contributed by atoms with Gasteiger partial charge in [0.15, 0.2) is 0 Å². The number of hydrogen-bond acceptors (Lipinski definition) is 7. The van der Waals surface area contributed by atoms with Crippen molar-refractivity contribution in [1.82, 2.24) is 34.9 Å². The quantitative estimate of drug-likeness (QED) is 0.167. The summed E-state index contributed by atoms with van der Waals surface area (Å²) in [6.45, 7) is 14.7. The highest BCUT2D eigenvalue weighted by Gasteiger charge is 2.33. The molecule has 2 N–H and O–H groups in total. The van der Waals surface area contributed by atoms with Crippen LogP contribution in [-0.4, -0.2) is 74.2 Å². The van der Waals surface area contributed by atoms with Crippen molar-refractivity contribution >= 4 is 51.7 Å². The Morgan fingerprint density at radius 3 is 2.60 bits per heavy atom. The molecular formula is C35H37FN8O2S. The number of fused-ring (bicyclic) bond motifs is 2. The van der Waals surface area contributed by atoms with Crippen molar-refractivity contribution < 1.29 is 14.0 Å². The largest absolute Gasteiger partial charge is 0.364 e. The van der Waals surface area contributed by atoms with Gasteiger partial charge in [-0.15, -0.1) is 0 Å². The topological polar surface area (TPSA) is 112 Å². The third kappa shape index (κ3) is 5.26. The molecule has 10 nitrogen and oxygen atoms in total. The lowest BCUT2D eigenvalue weighted by Crippen LogP contribution is -2.54. The van der Waals surface area contributed by atoms with E-state index in [2.05, 4.69) is 22.1 Å². The Morgan fingerprint density at radius 2 is 1.91 bits per heavy atom. The third-order valence-corrected chi connectivity index (χ3v) is 9.31. The van der Waals surface area contributed by atoms with Crippen LogP contribution in [0.15, 0.2) is 49.3 Å². The van der Waals surface area contributed by atoms with Gasteiger partial charge in [-0.2, -0.15) is 5.10 Å². The molecule has 5 heterocycles. The van der Waals surface area contributed by atoms with Crippen LogP contribution in [0.4, 0.5) is 10.1 Å². The van der Waals surface area contributed by atoms with Gasteiger partial charge >= 0.3 is 0 Å².